The van der Waals surface area contributed by atoms with Crippen molar-refractivity contribution in [2.45, 2.75) is 45.6 Å². The number of sulfone groups is 1. The molecular weight excluding hydrogens is 394 g/mol. The molecule has 0 bridgehead atoms. The second-order valence-electron chi connectivity index (χ2n) is 7.50. The first-order chi connectivity index (χ1) is 13.8. The van der Waals surface area contributed by atoms with Gasteiger partial charge >= 0.3 is 5.63 Å². The second-order valence-corrected chi connectivity index (χ2v) is 9.73. The fourth-order valence-electron chi connectivity index (χ4n) is 3.94. The number of hydrogen-bond donors (Lipinski definition) is 0. The van der Waals surface area contributed by atoms with Gasteiger partial charge in [0, 0.05) is 36.0 Å². The van der Waals surface area contributed by atoms with E-state index >= 15 is 0 Å². The van der Waals surface area contributed by atoms with Crippen molar-refractivity contribution >= 4 is 26.7 Å². The lowest BCUT2D eigenvalue weighted by Crippen LogP contribution is -2.41. The number of benzene rings is 1. The molecule has 158 valence electrons. The maximum absolute atomic E-state index is 12.9. The summed E-state index contributed by atoms with van der Waals surface area (Å²) < 4.78 is 34.2. The Labute approximate surface area is 170 Å². The molecule has 1 aliphatic rings. The average Bonchev–Trinajstić information content (AvgIpc) is 3.04. The molecule has 0 saturated carbocycles. The van der Waals surface area contributed by atoms with Gasteiger partial charge in [-0.25, -0.2) is 13.2 Å². The van der Waals surface area contributed by atoms with Gasteiger partial charge in [0.25, 0.3) is 0 Å². The Morgan fingerprint density at radius 1 is 1.34 bits per heavy atom. The van der Waals surface area contributed by atoms with Gasteiger partial charge in [-0.3, -0.25) is 4.79 Å². The number of amides is 1. The van der Waals surface area contributed by atoms with Gasteiger partial charge in [-0.2, -0.15) is 0 Å². The van der Waals surface area contributed by atoms with Gasteiger partial charge in [0.2, 0.25) is 5.91 Å². The number of fused-ring (bicyclic) bond motifs is 1. The minimum absolute atomic E-state index is 0.0255. The fourth-order valence-corrected chi connectivity index (χ4v) is 5.67. The predicted molar refractivity (Wildman–Crippen MR) is 111 cm³/mol. The van der Waals surface area contributed by atoms with Gasteiger partial charge < -0.3 is 14.1 Å². The Morgan fingerprint density at radius 3 is 2.72 bits per heavy atom. The monoisotopic (exact) mass is 421 g/mol. The van der Waals surface area contributed by atoms with Crippen LogP contribution in [0.2, 0.25) is 0 Å². The Hall–Kier alpha value is -2.35. The molecule has 29 heavy (non-hydrogen) atoms. The van der Waals surface area contributed by atoms with Gasteiger partial charge in [-0.1, -0.05) is 6.92 Å². The van der Waals surface area contributed by atoms with E-state index in [1.54, 1.807) is 24.1 Å². The number of ether oxygens (including phenoxy) is 1. The number of hydrogen-bond acceptors (Lipinski definition) is 6. The van der Waals surface area contributed by atoms with Crippen LogP contribution in [0.25, 0.3) is 11.0 Å². The molecule has 2 aromatic rings. The number of methoxy groups -OCH3 is 1. The minimum atomic E-state index is -3.07. The molecular formula is C21H27NO6S. The Bertz CT molecular complexity index is 1070. The topological polar surface area (TPSA) is 93.9 Å². The molecule has 1 fully saturated rings. The Balaban J connectivity index is 1.80. The highest BCUT2D eigenvalue weighted by Crippen LogP contribution is 2.25. The van der Waals surface area contributed by atoms with Crippen molar-refractivity contribution in [1.82, 2.24) is 4.90 Å². The summed E-state index contributed by atoms with van der Waals surface area (Å²) in [7, 11) is -1.53. The van der Waals surface area contributed by atoms with Crippen LogP contribution < -0.4 is 10.4 Å². The van der Waals surface area contributed by atoms with Gasteiger partial charge in [0.05, 0.1) is 18.6 Å². The summed E-state index contributed by atoms with van der Waals surface area (Å²) in [5.74, 6) is 0.631. The lowest BCUT2D eigenvalue weighted by atomic mass is 10.0. The molecule has 0 radical (unpaired) electrons. The lowest BCUT2D eigenvalue weighted by molar-refractivity contribution is -0.133. The van der Waals surface area contributed by atoms with Crippen molar-refractivity contribution in [3.8, 4) is 5.75 Å². The van der Waals surface area contributed by atoms with E-state index in [9.17, 15) is 18.0 Å². The van der Waals surface area contributed by atoms with Crippen LogP contribution in [0.5, 0.6) is 5.75 Å². The molecule has 1 atom stereocenters. The van der Waals surface area contributed by atoms with Crippen molar-refractivity contribution in [3.05, 3.63) is 39.7 Å². The van der Waals surface area contributed by atoms with E-state index in [4.69, 9.17) is 9.15 Å². The predicted octanol–water partition coefficient (Wildman–Crippen LogP) is 2.47. The Kier molecular flexibility index (Phi) is 6.31. The summed E-state index contributed by atoms with van der Waals surface area (Å²) in [5, 5.41) is 0.806. The quantitative estimate of drug-likeness (QED) is 0.638. The molecule has 8 heteroatoms. The maximum atomic E-state index is 12.9. The van der Waals surface area contributed by atoms with Crippen LogP contribution in [-0.2, 0) is 21.1 Å². The molecule has 1 amide bonds. The fraction of sp³-hybridized carbons (Fsp3) is 0.524. The van der Waals surface area contributed by atoms with Crippen molar-refractivity contribution < 1.29 is 22.4 Å². The van der Waals surface area contributed by atoms with E-state index in [2.05, 4.69) is 0 Å². The van der Waals surface area contributed by atoms with Crippen molar-refractivity contribution in [2.75, 3.05) is 25.2 Å². The third-order valence-electron chi connectivity index (χ3n) is 5.52. The van der Waals surface area contributed by atoms with E-state index in [0.717, 1.165) is 17.4 Å². The van der Waals surface area contributed by atoms with E-state index in [1.807, 2.05) is 19.9 Å². The highest BCUT2D eigenvalue weighted by atomic mass is 32.2. The van der Waals surface area contributed by atoms with Crippen LogP contribution in [-0.4, -0.2) is 50.4 Å². The highest BCUT2D eigenvalue weighted by Gasteiger charge is 2.34. The van der Waals surface area contributed by atoms with Crippen LogP contribution in [0.3, 0.4) is 0 Å². The SMILES string of the molecule is CCCN(C(=O)CCc1c(C)c2ccc(OC)cc2oc1=O)C1CCS(=O)(=O)C1. The van der Waals surface area contributed by atoms with E-state index in [-0.39, 0.29) is 36.3 Å². The third kappa shape index (κ3) is 4.63. The Morgan fingerprint density at radius 2 is 2.10 bits per heavy atom. The highest BCUT2D eigenvalue weighted by molar-refractivity contribution is 7.91. The molecule has 0 N–H and O–H groups in total. The lowest BCUT2D eigenvalue weighted by Gasteiger charge is -2.28. The first-order valence-electron chi connectivity index (χ1n) is 9.86. The summed E-state index contributed by atoms with van der Waals surface area (Å²) in [6.07, 6.45) is 1.63. The summed E-state index contributed by atoms with van der Waals surface area (Å²) in [5.41, 5.74) is 1.26. The maximum Gasteiger partial charge on any atom is 0.339 e. The second kappa shape index (κ2) is 8.57. The number of carbonyl (C=O) groups excluding carboxylic acids is 1. The standard InChI is InChI=1S/C21H27NO6S/c1-4-10-22(15-9-11-29(25,26)13-15)20(23)8-7-18-14(2)17-6-5-16(27-3)12-19(17)28-21(18)24/h5-6,12,15H,4,7-11,13H2,1-3H3. The summed E-state index contributed by atoms with van der Waals surface area (Å²) >= 11 is 0. The zero-order valence-electron chi connectivity index (χ0n) is 17.1. The molecule has 0 spiro atoms. The van der Waals surface area contributed by atoms with Crippen LogP contribution in [0.1, 0.15) is 37.3 Å². The largest absolute Gasteiger partial charge is 0.497 e. The van der Waals surface area contributed by atoms with E-state index in [0.29, 0.717) is 29.9 Å². The molecule has 1 aromatic heterocycles. The third-order valence-corrected chi connectivity index (χ3v) is 7.27. The molecule has 0 aliphatic carbocycles. The molecule has 2 heterocycles. The molecule has 1 saturated heterocycles. The van der Waals surface area contributed by atoms with Gasteiger partial charge in [-0.05, 0) is 43.9 Å². The van der Waals surface area contributed by atoms with Gasteiger partial charge in [0.1, 0.15) is 11.3 Å². The van der Waals surface area contributed by atoms with E-state index < -0.39 is 15.5 Å². The van der Waals surface area contributed by atoms with E-state index in [1.165, 1.54) is 0 Å². The van der Waals surface area contributed by atoms with Gasteiger partial charge in [-0.15, -0.1) is 0 Å². The molecule has 1 aromatic carbocycles. The van der Waals surface area contributed by atoms with Crippen LogP contribution in [0.15, 0.2) is 27.4 Å². The first kappa shape index (κ1) is 21.4. The number of nitrogens with zero attached hydrogens (tertiary/aromatic N) is 1. The van der Waals surface area contributed by atoms with Crippen molar-refractivity contribution in [3.63, 3.8) is 0 Å². The summed E-state index contributed by atoms with van der Waals surface area (Å²) in [4.78, 5) is 27.0. The van der Waals surface area contributed by atoms with Crippen LogP contribution >= 0.6 is 0 Å². The first-order valence-corrected chi connectivity index (χ1v) is 11.7. The number of aryl methyl sites for hydroxylation is 1. The minimum Gasteiger partial charge on any atom is -0.497 e. The number of rotatable bonds is 7. The van der Waals surface area contributed by atoms with Crippen LogP contribution in [0.4, 0.5) is 0 Å². The molecule has 1 unspecified atom stereocenters. The smallest absolute Gasteiger partial charge is 0.339 e. The summed E-state index contributed by atoms with van der Waals surface area (Å²) in [6.45, 7) is 4.32. The molecule has 1 aliphatic heterocycles. The number of carbonyl (C=O) groups is 1. The average molecular weight is 422 g/mol. The zero-order chi connectivity index (χ0) is 21.2. The summed E-state index contributed by atoms with van der Waals surface area (Å²) in [6, 6.07) is 5.04. The zero-order valence-corrected chi connectivity index (χ0v) is 17.9. The van der Waals surface area contributed by atoms with Gasteiger partial charge in [0.15, 0.2) is 9.84 Å². The van der Waals surface area contributed by atoms with Crippen molar-refractivity contribution in [1.29, 1.82) is 0 Å². The molecule has 3 rings (SSSR count). The van der Waals surface area contributed by atoms with Crippen molar-refractivity contribution in [2.24, 2.45) is 0 Å². The molecule has 7 nitrogen and oxygen atoms in total. The normalized spacial score (nSPS) is 18.1. The van der Waals surface area contributed by atoms with Crippen LogP contribution in [0, 0.1) is 6.92 Å².